The third-order valence-corrected chi connectivity index (χ3v) is 3.94. The summed E-state index contributed by atoms with van der Waals surface area (Å²) in [5, 5.41) is 6.65. The van der Waals surface area contributed by atoms with E-state index in [1.165, 1.54) is 6.92 Å². The summed E-state index contributed by atoms with van der Waals surface area (Å²) in [6.45, 7) is 2.19. The van der Waals surface area contributed by atoms with Gasteiger partial charge in [-0.2, -0.15) is 0 Å². The molecule has 0 saturated heterocycles. The number of likely N-dealkylation sites (N-methyl/N-ethyl adjacent to an activating group) is 1. The molecule has 2 aromatic rings. The van der Waals surface area contributed by atoms with Crippen molar-refractivity contribution in [1.82, 2.24) is 4.90 Å². The molecule has 2 N–H and O–H groups in total. The molecule has 0 aliphatic rings. The minimum Gasteiger partial charge on any atom is -0.326 e. The van der Waals surface area contributed by atoms with Gasteiger partial charge in [-0.3, -0.25) is 14.5 Å². The van der Waals surface area contributed by atoms with Crippen LogP contribution in [0.5, 0.6) is 0 Å². The predicted octanol–water partition coefficient (Wildman–Crippen LogP) is 4.02. The number of nitrogens with one attached hydrogen (secondary N) is 2. The van der Waals surface area contributed by atoms with E-state index in [1.807, 2.05) is 18.0 Å². The fraction of sp³-hybridized carbons (Fsp3) is 0.222. The van der Waals surface area contributed by atoms with Crippen molar-refractivity contribution in [2.75, 3.05) is 24.2 Å². The van der Waals surface area contributed by atoms with Crippen molar-refractivity contribution in [1.29, 1.82) is 0 Å². The molecule has 0 spiro atoms. The molecule has 0 aliphatic carbocycles. The zero-order valence-electron chi connectivity index (χ0n) is 14.0. The number of benzene rings is 2. The topological polar surface area (TPSA) is 61.4 Å². The van der Waals surface area contributed by atoms with Crippen molar-refractivity contribution in [2.45, 2.75) is 13.5 Å². The third-order valence-electron chi connectivity index (χ3n) is 3.36. The molecule has 2 aromatic carbocycles. The first-order chi connectivity index (χ1) is 11.8. The van der Waals surface area contributed by atoms with Crippen LogP contribution in [-0.4, -0.2) is 30.3 Å². The van der Waals surface area contributed by atoms with Crippen LogP contribution >= 0.6 is 23.2 Å². The molecule has 0 aliphatic heterocycles. The van der Waals surface area contributed by atoms with Crippen LogP contribution in [0.3, 0.4) is 0 Å². The van der Waals surface area contributed by atoms with Gasteiger partial charge in [-0.1, -0.05) is 29.3 Å². The van der Waals surface area contributed by atoms with Crippen LogP contribution < -0.4 is 10.6 Å². The summed E-state index contributed by atoms with van der Waals surface area (Å²) in [6, 6.07) is 12.2. The quantitative estimate of drug-likeness (QED) is 0.796. The summed E-state index contributed by atoms with van der Waals surface area (Å²) in [5.74, 6) is -0.279. The van der Waals surface area contributed by atoms with Gasteiger partial charge in [-0.25, -0.2) is 0 Å². The smallest absolute Gasteiger partial charge is 0.238 e. The highest BCUT2D eigenvalue weighted by Gasteiger charge is 2.10. The lowest BCUT2D eigenvalue weighted by Crippen LogP contribution is -2.29. The molecule has 7 heteroatoms. The van der Waals surface area contributed by atoms with E-state index in [4.69, 9.17) is 23.2 Å². The Bertz CT molecular complexity index is 763. The van der Waals surface area contributed by atoms with E-state index in [1.54, 1.807) is 36.4 Å². The van der Waals surface area contributed by atoms with E-state index in [0.717, 1.165) is 5.56 Å². The monoisotopic (exact) mass is 379 g/mol. The van der Waals surface area contributed by atoms with Crippen LogP contribution in [0.15, 0.2) is 42.5 Å². The van der Waals surface area contributed by atoms with E-state index in [-0.39, 0.29) is 18.4 Å². The largest absolute Gasteiger partial charge is 0.326 e. The molecular formula is C18H19Cl2N3O2. The highest BCUT2D eigenvalue weighted by Crippen LogP contribution is 2.22. The fourth-order valence-electron chi connectivity index (χ4n) is 2.28. The van der Waals surface area contributed by atoms with Gasteiger partial charge in [-0.05, 0) is 49.0 Å². The SMILES string of the molecule is CC(=O)Nc1ccc(NC(=O)CN(C)Cc2ccc(Cl)cc2Cl)cc1. The molecule has 2 amide bonds. The Balaban J connectivity index is 1.87. The van der Waals surface area contributed by atoms with Gasteiger partial charge in [0.05, 0.1) is 6.54 Å². The average molecular weight is 380 g/mol. The molecule has 25 heavy (non-hydrogen) atoms. The molecular weight excluding hydrogens is 361 g/mol. The summed E-state index contributed by atoms with van der Waals surface area (Å²) in [7, 11) is 1.84. The first kappa shape index (κ1) is 19.2. The number of carbonyl (C=O) groups is 2. The first-order valence-corrected chi connectivity index (χ1v) is 8.39. The maximum absolute atomic E-state index is 12.1. The van der Waals surface area contributed by atoms with E-state index < -0.39 is 0 Å². The number of anilines is 2. The number of nitrogens with zero attached hydrogens (tertiary/aromatic N) is 1. The summed E-state index contributed by atoms with van der Waals surface area (Å²) < 4.78 is 0. The van der Waals surface area contributed by atoms with Crippen LogP contribution in [0.2, 0.25) is 10.0 Å². The van der Waals surface area contributed by atoms with Gasteiger partial charge in [0.15, 0.2) is 0 Å². The second-order valence-corrected chi connectivity index (χ2v) is 6.56. The van der Waals surface area contributed by atoms with Gasteiger partial charge in [-0.15, -0.1) is 0 Å². The van der Waals surface area contributed by atoms with Crippen molar-refractivity contribution in [2.24, 2.45) is 0 Å². The Hall–Kier alpha value is -2.08. The van der Waals surface area contributed by atoms with Crippen molar-refractivity contribution in [3.05, 3.63) is 58.1 Å². The number of halogens is 2. The minimum absolute atomic E-state index is 0.139. The molecule has 0 saturated carbocycles. The minimum atomic E-state index is -0.140. The highest BCUT2D eigenvalue weighted by atomic mass is 35.5. The average Bonchev–Trinajstić information content (AvgIpc) is 2.51. The maximum atomic E-state index is 12.1. The Morgan fingerprint density at radius 2 is 1.60 bits per heavy atom. The normalized spacial score (nSPS) is 10.6. The van der Waals surface area contributed by atoms with E-state index in [9.17, 15) is 9.59 Å². The molecule has 0 bridgehead atoms. The standard InChI is InChI=1S/C18H19Cl2N3O2/c1-12(24)21-15-5-7-16(8-6-15)22-18(25)11-23(2)10-13-3-4-14(19)9-17(13)20/h3-9H,10-11H2,1-2H3,(H,21,24)(H,22,25). The number of carbonyl (C=O) groups excluding carboxylic acids is 2. The van der Waals surface area contributed by atoms with Gasteiger partial charge in [0.2, 0.25) is 11.8 Å². The Kier molecular flexibility index (Phi) is 6.82. The zero-order valence-corrected chi connectivity index (χ0v) is 15.5. The molecule has 0 unspecified atom stereocenters. The summed E-state index contributed by atoms with van der Waals surface area (Å²) in [5.41, 5.74) is 2.25. The lowest BCUT2D eigenvalue weighted by atomic mass is 10.2. The molecule has 0 heterocycles. The second-order valence-electron chi connectivity index (χ2n) is 5.71. The predicted molar refractivity (Wildman–Crippen MR) is 102 cm³/mol. The number of hydrogen-bond donors (Lipinski definition) is 2. The van der Waals surface area contributed by atoms with E-state index in [2.05, 4.69) is 10.6 Å². The Morgan fingerprint density at radius 1 is 1.00 bits per heavy atom. The van der Waals surface area contributed by atoms with E-state index in [0.29, 0.717) is 28.0 Å². The van der Waals surface area contributed by atoms with Crippen LogP contribution in [-0.2, 0) is 16.1 Å². The summed E-state index contributed by atoms with van der Waals surface area (Å²) in [6.07, 6.45) is 0. The zero-order chi connectivity index (χ0) is 18.4. The lowest BCUT2D eigenvalue weighted by Gasteiger charge is -2.17. The van der Waals surface area contributed by atoms with Gasteiger partial charge in [0.25, 0.3) is 0 Å². The third kappa shape index (κ3) is 6.38. The molecule has 2 rings (SSSR count). The van der Waals surface area contributed by atoms with Crippen LogP contribution in [0.4, 0.5) is 11.4 Å². The molecule has 0 atom stereocenters. The summed E-state index contributed by atoms with van der Waals surface area (Å²) in [4.78, 5) is 25.0. The molecule has 0 fully saturated rings. The van der Waals surface area contributed by atoms with E-state index >= 15 is 0 Å². The second kappa shape index (κ2) is 8.85. The van der Waals surface area contributed by atoms with Crippen LogP contribution in [0.1, 0.15) is 12.5 Å². The van der Waals surface area contributed by atoms with Gasteiger partial charge in [0.1, 0.15) is 0 Å². The number of hydrogen-bond acceptors (Lipinski definition) is 3. The Morgan fingerprint density at radius 3 is 2.16 bits per heavy atom. The van der Waals surface area contributed by atoms with Gasteiger partial charge < -0.3 is 10.6 Å². The lowest BCUT2D eigenvalue weighted by molar-refractivity contribution is -0.117. The van der Waals surface area contributed by atoms with Gasteiger partial charge >= 0.3 is 0 Å². The van der Waals surface area contributed by atoms with Crippen LogP contribution in [0, 0.1) is 0 Å². The molecule has 0 radical (unpaired) electrons. The molecule has 132 valence electrons. The Labute approximate surface area is 156 Å². The number of rotatable bonds is 6. The molecule has 0 aromatic heterocycles. The van der Waals surface area contributed by atoms with Gasteiger partial charge in [0, 0.05) is 34.9 Å². The molecule has 5 nitrogen and oxygen atoms in total. The van der Waals surface area contributed by atoms with Crippen molar-refractivity contribution >= 4 is 46.4 Å². The number of amides is 2. The van der Waals surface area contributed by atoms with Crippen molar-refractivity contribution in [3.63, 3.8) is 0 Å². The summed E-state index contributed by atoms with van der Waals surface area (Å²) >= 11 is 12.0. The fourth-order valence-corrected chi connectivity index (χ4v) is 2.75. The first-order valence-electron chi connectivity index (χ1n) is 7.63. The van der Waals surface area contributed by atoms with Crippen molar-refractivity contribution < 1.29 is 9.59 Å². The van der Waals surface area contributed by atoms with Crippen LogP contribution in [0.25, 0.3) is 0 Å². The maximum Gasteiger partial charge on any atom is 0.238 e. The highest BCUT2D eigenvalue weighted by molar-refractivity contribution is 6.35. The van der Waals surface area contributed by atoms with Crippen molar-refractivity contribution in [3.8, 4) is 0 Å².